The predicted molar refractivity (Wildman–Crippen MR) is 70.4 cm³/mol. The van der Waals surface area contributed by atoms with E-state index in [0.29, 0.717) is 17.8 Å². The van der Waals surface area contributed by atoms with Gasteiger partial charge in [-0.2, -0.15) is 0 Å². The first-order valence-corrected chi connectivity index (χ1v) is 6.14. The Balaban J connectivity index is 2.27. The zero-order chi connectivity index (χ0) is 12.7. The molecule has 0 radical (unpaired) electrons. The Morgan fingerprint density at radius 3 is 2.41 bits per heavy atom. The molecule has 0 aliphatic rings. The van der Waals surface area contributed by atoms with Gasteiger partial charge < -0.3 is 15.2 Å². The first kappa shape index (κ1) is 14.0. The monoisotopic (exact) mass is 237 g/mol. The van der Waals surface area contributed by atoms with E-state index in [1.165, 1.54) is 5.56 Å². The molecule has 0 fully saturated rings. The summed E-state index contributed by atoms with van der Waals surface area (Å²) in [6.07, 6.45) is 2.10. The third kappa shape index (κ3) is 5.71. The van der Waals surface area contributed by atoms with Crippen molar-refractivity contribution in [3.8, 4) is 5.75 Å². The summed E-state index contributed by atoms with van der Waals surface area (Å²) >= 11 is 0. The third-order valence-electron chi connectivity index (χ3n) is 2.79. The molecule has 1 aromatic carbocycles. The maximum absolute atomic E-state index is 9.19. The van der Waals surface area contributed by atoms with Crippen LogP contribution in [0.25, 0.3) is 0 Å². The van der Waals surface area contributed by atoms with Crippen molar-refractivity contribution in [2.75, 3.05) is 13.7 Å². The van der Waals surface area contributed by atoms with Gasteiger partial charge in [0.2, 0.25) is 0 Å². The fourth-order valence-corrected chi connectivity index (χ4v) is 1.91. The van der Waals surface area contributed by atoms with E-state index in [9.17, 15) is 5.11 Å². The summed E-state index contributed by atoms with van der Waals surface area (Å²) in [5, 5.41) is 12.7. The summed E-state index contributed by atoms with van der Waals surface area (Å²) in [6, 6.07) is 8.27. The highest BCUT2D eigenvalue weighted by atomic mass is 16.5. The Bertz CT molecular complexity index is 311. The zero-order valence-electron chi connectivity index (χ0n) is 10.9. The van der Waals surface area contributed by atoms with E-state index < -0.39 is 0 Å². The van der Waals surface area contributed by atoms with E-state index in [1.807, 2.05) is 12.1 Å². The Kier molecular flexibility index (Phi) is 6.01. The summed E-state index contributed by atoms with van der Waals surface area (Å²) in [5.41, 5.74) is 1.26. The fraction of sp³-hybridized carbons (Fsp3) is 0.571. The van der Waals surface area contributed by atoms with Gasteiger partial charge in [-0.05, 0) is 44.4 Å². The molecular formula is C14H23NO2. The lowest BCUT2D eigenvalue weighted by Gasteiger charge is -2.19. The van der Waals surface area contributed by atoms with Crippen LogP contribution in [0, 0.1) is 0 Å². The molecule has 1 rings (SSSR count). The van der Waals surface area contributed by atoms with Crippen molar-refractivity contribution < 1.29 is 9.84 Å². The average Bonchev–Trinajstić information content (AvgIpc) is 2.28. The van der Waals surface area contributed by atoms with Gasteiger partial charge in [0, 0.05) is 19.2 Å². The van der Waals surface area contributed by atoms with Crippen molar-refractivity contribution in [1.29, 1.82) is 0 Å². The van der Waals surface area contributed by atoms with E-state index in [-0.39, 0.29) is 0 Å². The van der Waals surface area contributed by atoms with Crippen LogP contribution in [-0.2, 0) is 11.2 Å². The second-order valence-corrected chi connectivity index (χ2v) is 4.63. The molecule has 0 heterocycles. The van der Waals surface area contributed by atoms with Crippen molar-refractivity contribution in [2.45, 2.75) is 38.8 Å². The molecule has 0 amide bonds. The number of phenols is 1. The number of methoxy groups -OCH3 is 1. The molecule has 2 N–H and O–H groups in total. The van der Waals surface area contributed by atoms with Crippen molar-refractivity contribution in [1.82, 2.24) is 5.32 Å². The predicted octanol–water partition coefficient (Wildman–Crippen LogP) is 2.34. The number of rotatable bonds is 7. The van der Waals surface area contributed by atoms with Gasteiger partial charge in [-0.25, -0.2) is 0 Å². The summed E-state index contributed by atoms with van der Waals surface area (Å²) in [6.45, 7) is 5.05. The van der Waals surface area contributed by atoms with Gasteiger partial charge >= 0.3 is 0 Å². The molecule has 3 nitrogen and oxygen atoms in total. The smallest absolute Gasteiger partial charge is 0.115 e. The summed E-state index contributed by atoms with van der Waals surface area (Å²) in [4.78, 5) is 0. The summed E-state index contributed by atoms with van der Waals surface area (Å²) < 4.78 is 5.09. The SMILES string of the molecule is COC[C@H](C)N[C@H](C)CCc1ccc(O)cc1. The van der Waals surface area contributed by atoms with Crippen LogP contribution in [-0.4, -0.2) is 30.9 Å². The quantitative estimate of drug-likeness (QED) is 0.765. The van der Waals surface area contributed by atoms with Crippen LogP contribution in [0.5, 0.6) is 5.75 Å². The minimum Gasteiger partial charge on any atom is -0.508 e. The fourth-order valence-electron chi connectivity index (χ4n) is 1.91. The highest BCUT2D eigenvalue weighted by molar-refractivity contribution is 5.25. The highest BCUT2D eigenvalue weighted by Crippen LogP contribution is 2.12. The Morgan fingerprint density at radius 1 is 1.18 bits per heavy atom. The second-order valence-electron chi connectivity index (χ2n) is 4.63. The van der Waals surface area contributed by atoms with E-state index in [4.69, 9.17) is 4.74 Å². The molecule has 0 spiro atoms. The number of benzene rings is 1. The number of phenolic OH excluding ortho intramolecular Hbond substituents is 1. The largest absolute Gasteiger partial charge is 0.508 e. The number of hydrogen-bond donors (Lipinski definition) is 2. The van der Waals surface area contributed by atoms with Crippen LogP contribution in [0.4, 0.5) is 0 Å². The first-order valence-electron chi connectivity index (χ1n) is 6.14. The van der Waals surface area contributed by atoms with Crippen LogP contribution in [0.1, 0.15) is 25.8 Å². The Morgan fingerprint density at radius 2 is 1.82 bits per heavy atom. The molecule has 0 aromatic heterocycles. The number of hydrogen-bond acceptors (Lipinski definition) is 3. The van der Waals surface area contributed by atoms with E-state index >= 15 is 0 Å². The van der Waals surface area contributed by atoms with Gasteiger partial charge in [-0.15, -0.1) is 0 Å². The third-order valence-corrected chi connectivity index (χ3v) is 2.79. The topological polar surface area (TPSA) is 41.5 Å². The standard InChI is InChI=1S/C14H23NO2/c1-11(15-12(2)10-17-3)4-5-13-6-8-14(16)9-7-13/h6-9,11-12,15-16H,4-5,10H2,1-3H3/t11-,12+/m1/s1. The lowest BCUT2D eigenvalue weighted by atomic mass is 10.1. The van der Waals surface area contributed by atoms with Gasteiger partial charge in [0.05, 0.1) is 6.61 Å². The van der Waals surface area contributed by atoms with E-state index in [1.54, 1.807) is 19.2 Å². The normalized spacial score (nSPS) is 14.5. The molecule has 0 aliphatic heterocycles. The van der Waals surface area contributed by atoms with Crippen LogP contribution in [0.3, 0.4) is 0 Å². The minimum absolute atomic E-state index is 0.327. The molecule has 17 heavy (non-hydrogen) atoms. The summed E-state index contributed by atoms with van der Waals surface area (Å²) in [7, 11) is 1.72. The van der Waals surface area contributed by atoms with Crippen molar-refractivity contribution in [3.63, 3.8) is 0 Å². The number of ether oxygens (including phenoxy) is 1. The zero-order valence-corrected chi connectivity index (χ0v) is 10.9. The number of nitrogens with one attached hydrogen (secondary N) is 1. The van der Waals surface area contributed by atoms with Gasteiger partial charge in [-0.3, -0.25) is 0 Å². The molecule has 0 unspecified atom stereocenters. The van der Waals surface area contributed by atoms with Crippen molar-refractivity contribution >= 4 is 0 Å². The van der Waals surface area contributed by atoms with E-state index in [2.05, 4.69) is 19.2 Å². The molecule has 2 atom stereocenters. The van der Waals surface area contributed by atoms with E-state index in [0.717, 1.165) is 19.4 Å². The number of aryl methyl sites for hydroxylation is 1. The molecular weight excluding hydrogens is 214 g/mol. The van der Waals surface area contributed by atoms with Crippen LogP contribution in [0.2, 0.25) is 0 Å². The van der Waals surface area contributed by atoms with Crippen LogP contribution >= 0.6 is 0 Å². The maximum atomic E-state index is 9.19. The average molecular weight is 237 g/mol. The molecule has 0 saturated carbocycles. The van der Waals surface area contributed by atoms with Crippen molar-refractivity contribution in [3.05, 3.63) is 29.8 Å². The molecule has 0 aliphatic carbocycles. The molecule has 3 heteroatoms. The number of aromatic hydroxyl groups is 1. The lowest BCUT2D eigenvalue weighted by Crippen LogP contribution is -2.37. The molecule has 0 saturated heterocycles. The molecule has 96 valence electrons. The lowest BCUT2D eigenvalue weighted by molar-refractivity contribution is 0.167. The van der Waals surface area contributed by atoms with Gasteiger partial charge in [-0.1, -0.05) is 12.1 Å². The highest BCUT2D eigenvalue weighted by Gasteiger charge is 2.07. The maximum Gasteiger partial charge on any atom is 0.115 e. The Hall–Kier alpha value is -1.06. The van der Waals surface area contributed by atoms with Gasteiger partial charge in [0.25, 0.3) is 0 Å². The summed E-state index contributed by atoms with van der Waals surface area (Å²) in [5.74, 6) is 0.327. The molecule has 0 bridgehead atoms. The van der Waals surface area contributed by atoms with Gasteiger partial charge in [0.15, 0.2) is 0 Å². The minimum atomic E-state index is 0.327. The van der Waals surface area contributed by atoms with Crippen LogP contribution < -0.4 is 5.32 Å². The van der Waals surface area contributed by atoms with Crippen molar-refractivity contribution in [2.24, 2.45) is 0 Å². The Labute approximate surface area is 104 Å². The van der Waals surface area contributed by atoms with Crippen LogP contribution in [0.15, 0.2) is 24.3 Å². The molecule has 1 aromatic rings. The second kappa shape index (κ2) is 7.30. The first-order chi connectivity index (χ1) is 8.11. The van der Waals surface area contributed by atoms with Gasteiger partial charge in [0.1, 0.15) is 5.75 Å².